The Morgan fingerprint density at radius 1 is 0.829 bits per heavy atom. The lowest BCUT2D eigenvalue weighted by molar-refractivity contribution is 0.166. The molecule has 7 heteroatoms. The topological polar surface area (TPSA) is 62.5 Å². The van der Waals surface area contributed by atoms with E-state index in [1.54, 1.807) is 24.3 Å². The van der Waals surface area contributed by atoms with E-state index in [4.69, 9.17) is 0 Å². The first kappa shape index (κ1) is 23.1. The molecule has 0 saturated carbocycles. The lowest BCUT2D eigenvalue weighted by atomic mass is 10.2. The van der Waals surface area contributed by atoms with Crippen molar-refractivity contribution in [1.82, 2.24) is 4.57 Å². The molecule has 1 N–H and O–H groups in total. The van der Waals surface area contributed by atoms with E-state index in [2.05, 4.69) is 0 Å². The number of nitrogens with zero attached hydrogens (tertiary/aromatic N) is 2. The van der Waals surface area contributed by atoms with E-state index in [1.807, 2.05) is 60.0 Å². The van der Waals surface area contributed by atoms with Crippen LogP contribution < -0.4 is 4.31 Å². The van der Waals surface area contributed by atoms with Gasteiger partial charge < -0.3 is 9.67 Å². The Bertz CT molecular complexity index is 1540. The van der Waals surface area contributed by atoms with Crippen LogP contribution in [0.25, 0.3) is 21.8 Å². The molecule has 0 bridgehead atoms. The van der Waals surface area contributed by atoms with Gasteiger partial charge in [0.25, 0.3) is 10.0 Å². The van der Waals surface area contributed by atoms with Crippen molar-refractivity contribution in [1.29, 1.82) is 0 Å². The molecular weight excluding hydrogens is 463 g/mol. The van der Waals surface area contributed by atoms with Crippen LogP contribution >= 0.6 is 0 Å². The highest BCUT2D eigenvalue weighted by Crippen LogP contribution is 2.30. The lowest BCUT2D eigenvalue weighted by Crippen LogP contribution is -2.39. The van der Waals surface area contributed by atoms with E-state index in [9.17, 15) is 17.9 Å². The summed E-state index contributed by atoms with van der Waals surface area (Å²) in [5, 5.41) is 13.3. The minimum Gasteiger partial charge on any atom is -0.389 e. The van der Waals surface area contributed by atoms with Gasteiger partial charge in [0, 0.05) is 21.8 Å². The van der Waals surface area contributed by atoms with Gasteiger partial charge in [0.1, 0.15) is 5.82 Å². The number of hydrogen-bond acceptors (Lipinski definition) is 3. The Morgan fingerprint density at radius 2 is 1.37 bits per heavy atom. The van der Waals surface area contributed by atoms with Crippen LogP contribution in [0.5, 0.6) is 0 Å². The van der Waals surface area contributed by atoms with Gasteiger partial charge in [0.2, 0.25) is 0 Å². The van der Waals surface area contributed by atoms with Gasteiger partial charge in [0.05, 0.1) is 29.8 Å². The van der Waals surface area contributed by atoms with Crippen molar-refractivity contribution in [2.24, 2.45) is 0 Å². The smallest absolute Gasteiger partial charge is 0.264 e. The summed E-state index contributed by atoms with van der Waals surface area (Å²) in [5.74, 6) is -0.465. The molecule has 1 aromatic heterocycles. The second-order valence-corrected chi connectivity index (χ2v) is 10.5. The summed E-state index contributed by atoms with van der Waals surface area (Å²) in [6.45, 7) is 1.88. The van der Waals surface area contributed by atoms with Gasteiger partial charge in [-0.15, -0.1) is 0 Å². The van der Waals surface area contributed by atoms with Gasteiger partial charge in [-0.25, -0.2) is 12.8 Å². The molecule has 5 rings (SSSR count). The van der Waals surface area contributed by atoms with Crippen molar-refractivity contribution >= 4 is 37.5 Å². The highest BCUT2D eigenvalue weighted by atomic mass is 32.2. The second-order valence-electron chi connectivity index (χ2n) is 8.62. The Morgan fingerprint density at radius 3 is 1.94 bits per heavy atom. The molecule has 1 atom stereocenters. The number of anilines is 1. The van der Waals surface area contributed by atoms with Crippen molar-refractivity contribution in [3.63, 3.8) is 0 Å². The van der Waals surface area contributed by atoms with Gasteiger partial charge in [-0.3, -0.25) is 4.31 Å². The van der Waals surface area contributed by atoms with Crippen molar-refractivity contribution in [2.45, 2.75) is 24.5 Å². The van der Waals surface area contributed by atoms with Crippen LogP contribution in [-0.4, -0.2) is 30.7 Å². The van der Waals surface area contributed by atoms with E-state index >= 15 is 0 Å². The highest BCUT2D eigenvalue weighted by molar-refractivity contribution is 7.92. The summed E-state index contributed by atoms with van der Waals surface area (Å²) in [7, 11) is -4.00. The number of rotatable bonds is 7. The van der Waals surface area contributed by atoms with Gasteiger partial charge >= 0.3 is 0 Å². The molecule has 0 saturated heterocycles. The number of para-hydroxylation sites is 2. The van der Waals surface area contributed by atoms with Crippen LogP contribution in [0.3, 0.4) is 0 Å². The molecule has 0 radical (unpaired) electrons. The monoisotopic (exact) mass is 488 g/mol. The van der Waals surface area contributed by atoms with Gasteiger partial charge in [-0.1, -0.05) is 54.1 Å². The minimum atomic E-state index is -4.00. The molecule has 0 amide bonds. The van der Waals surface area contributed by atoms with Crippen LogP contribution in [0.1, 0.15) is 5.56 Å². The molecule has 0 unspecified atom stereocenters. The largest absolute Gasteiger partial charge is 0.389 e. The van der Waals surface area contributed by atoms with Crippen LogP contribution in [0.15, 0.2) is 102 Å². The van der Waals surface area contributed by atoms with Gasteiger partial charge in [-0.05, 0) is 55.5 Å². The average molecular weight is 489 g/mol. The summed E-state index contributed by atoms with van der Waals surface area (Å²) >= 11 is 0. The van der Waals surface area contributed by atoms with E-state index in [1.165, 1.54) is 24.3 Å². The Labute approximate surface area is 203 Å². The van der Waals surface area contributed by atoms with Crippen LogP contribution in [0, 0.1) is 12.7 Å². The normalized spacial score (nSPS) is 12.8. The minimum absolute atomic E-state index is 0.108. The molecule has 0 aliphatic heterocycles. The number of aromatic nitrogens is 1. The number of sulfonamides is 1. The molecule has 0 aliphatic rings. The number of halogens is 1. The maximum atomic E-state index is 13.6. The fourth-order valence-electron chi connectivity index (χ4n) is 4.45. The molecule has 4 aromatic carbocycles. The summed E-state index contributed by atoms with van der Waals surface area (Å²) in [5.41, 5.74) is 3.14. The number of aliphatic hydroxyl groups is 1. The van der Waals surface area contributed by atoms with E-state index in [0.29, 0.717) is 0 Å². The third-order valence-electron chi connectivity index (χ3n) is 6.17. The maximum Gasteiger partial charge on any atom is 0.264 e. The molecule has 178 valence electrons. The zero-order valence-corrected chi connectivity index (χ0v) is 20.0. The zero-order chi connectivity index (χ0) is 24.6. The summed E-state index contributed by atoms with van der Waals surface area (Å²) in [6, 6.07) is 27.7. The van der Waals surface area contributed by atoms with Crippen molar-refractivity contribution in [2.75, 3.05) is 10.8 Å². The third kappa shape index (κ3) is 4.40. The summed E-state index contributed by atoms with van der Waals surface area (Å²) in [4.78, 5) is 0.108. The average Bonchev–Trinajstić information content (AvgIpc) is 3.17. The highest BCUT2D eigenvalue weighted by Gasteiger charge is 2.28. The number of hydrogen-bond donors (Lipinski definition) is 1. The SMILES string of the molecule is Cc1ccc(S(=O)(=O)N(C[C@@H](O)Cn2c3ccccc3c3ccccc32)c2ccc(F)cc2)cc1. The molecule has 1 heterocycles. The Balaban J connectivity index is 1.53. The number of benzene rings is 4. The molecule has 5 nitrogen and oxygen atoms in total. The van der Waals surface area contributed by atoms with Crippen molar-refractivity contribution < 1.29 is 17.9 Å². The Hall–Kier alpha value is -3.68. The standard InChI is InChI=1S/C28H25FN2O3S/c1-20-10-16-24(17-11-20)35(33,34)31(22-14-12-21(29)13-15-22)19-23(32)18-30-27-8-4-2-6-25(27)26-7-3-5-9-28(26)30/h2-17,23,32H,18-19H2,1H3/t23-/m0/s1. The predicted octanol–water partition coefficient (Wildman–Crippen LogP) is 5.50. The third-order valence-corrected chi connectivity index (χ3v) is 7.98. The fraction of sp³-hybridized carbons (Fsp3) is 0.143. The number of aryl methyl sites for hydroxylation is 1. The first-order valence-corrected chi connectivity index (χ1v) is 12.8. The summed E-state index contributed by atoms with van der Waals surface area (Å²) in [6.07, 6.45) is -1.03. The van der Waals surface area contributed by atoms with Crippen LogP contribution in [-0.2, 0) is 16.6 Å². The second kappa shape index (κ2) is 9.17. The molecule has 0 spiro atoms. The zero-order valence-electron chi connectivity index (χ0n) is 19.2. The first-order chi connectivity index (χ1) is 16.8. The van der Waals surface area contributed by atoms with Crippen LogP contribution in [0.4, 0.5) is 10.1 Å². The molecule has 35 heavy (non-hydrogen) atoms. The van der Waals surface area contributed by atoms with Crippen LogP contribution in [0.2, 0.25) is 0 Å². The molecule has 5 aromatic rings. The Kier molecular flexibility index (Phi) is 6.05. The van der Waals surface area contributed by atoms with E-state index in [0.717, 1.165) is 31.7 Å². The molecule has 0 aliphatic carbocycles. The quantitative estimate of drug-likeness (QED) is 0.329. The van der Waals surface area contributed by atoms with E-state index in [-0.39, 0.29) is 23.7 Å². The first-order valence-electron chi connectivity index (χ1n) is 11.3. The fourth-order valence-corrected chi connectivity index (χ4v) is 5.95. The lowest BCUT2D eigenvalue weighted by Gasteiger charge is -2.27. The van der Waals surface area contributed by atoms with E-state index < -0.39 is 21.9 Å². The van der Waals surface area contributed by atoms with Gasteiger partial charge in [-0.2, -0.15) is 0 Å². The molecule has 0 fully saturated rings. The maximum absolute atomic E-state index is 13.6. The molecular formula is C28H25FN2O3S. The number of aliphatic hydroxyl groups excluding tert-OH is 1. The predicted molar refractivity (Wildman–Crippen MR) is 138 cm³/mol. The van der Waals surface area contributed by atoms with Crippen molar-refractivity contribution in [3.05, 3.63) is 108 Å². The van der Waals surface area contributed by atoms with Crippen molar-refractivity contribution in [3.8, 4) is 0 Å². The summed E-state index contributed by atoms with van der Waals surface area (Å²) < 4.78 is 44.0. The van der Waals surface area contributed by atoms with Gasteiger partial charge in [0.15, 0.2) is 0 Å². The number of fused-ring (bicyclic) bond motifs is 3.